The van der Waals surface area contributed by atoms with Gasteiger partial charge in [-0.05, 0) is 6.42 Å². The molecule has 0 radical (unpaired) electrons. The molecule has 3 nitrogen and oxygen atoms in total. The number of likely N-dealkylation sites (tertiary alicyclic amines) is 1. The number of hydrogen-bond donors (Lipinski definition) is 1. The molecule has 70 valence electrons. The normalized spacial score (nSPS) is 25.9. The molecule has 1 heterocycles. The number of nitrogens with zero attached hydrogens (tertiary/aromatic N) is 1. The first-order chi connectivity index (χ1) is 5.65. The van der Waals surface area contributed by atoms with Gasteiger partial charge in [0, 0.05) is 24.9 Å². The first-order valence-corrected chi connectivity index (χ1v) is 4.71. The van der Waals surface area contributed by atoms with E-state index in [4.69, 9.17) is 11.6 Å². The van der Waals surface area contributed by atoms with Crippen LogP contribution in [0.1, 0.15) is 13.3 Å². The number of hydrogen-bond acceptors (Lipinski definition) is 2. The average molecular weight is 192 g/mol. The van der Waals surface area contributed by atoms with Crippen LogP contribution in [0, 0.1) is 5.92 Å². The predicted octanol–water partition coefficient (Wildman–Crippen LogP) is 0.454. The molecule has 0 aromatic rings. The number of aliphatic hydroxyl groups is 1. The number of alkyl halides is 1. The summed E-state index contributed by atoms with van der Waals surface area (Å²) in [4.78, 5) is 13.1. The van der Waals surface area contributed by atoms with E-state index in [1.54, 1.807) is 11.8 Å². The van der Waals surface area contributed by atoms with E-state index < -0.39 is 0 Å². The first kappa shape index (κ1) is 9.81. The Hall–Kier alpha value is -0.280. The van der Waals surface area contributed by atoms with Gasteiger partial charge in [0.15, 0.2) is 0 Å². The van der Waals surface area contributed by atoms with Crippen molar-refractivity contribution in [3.63, 3.8) is 0 Å². The van der Waals surface area contributed by atoms with Crippen molar-refractivity contribution in [1.29, 1.82) is 0 Å². The smallest absolute Gasteiger partial charge is 0.226 e. The minimum Gasteiger partial charge on any atom is -0.391 e. The number of halogens is 1. The highest BCUT2D eigenvalue weighted by molar-refractivity contribution is 6.19. The zero-order valence-corrected chi connectivity index (χ0v) is 7.92. The number of carbonyl (C=O) groups is 1. The third-order valence-corrected chi connectivity index (χ3v) is 2.59. The molecule has 4 heteroatoms. The third kappa shape index (κ3) is 2.11. The summed E-state index contributed by atoms with van der Waals surface area (Å²) < 4.78 is 0. The molecule has 1 amide bonds. The Labute approximate surface area is 77.3 Å². The molecule has 0 spiro atoms. The standard InChI is InChI=1S/C8H14ClNO2/c1-6(4-9)8(12)10-3-2-7(11)5-10/h6-7,11H,2-5H2,1H3/t6?,7-/m0/s1. The Balaban J connectivity index is 2.43. The lowest BCUT2D eigenvalue weighted by molar-refractivity contribution is -0.133. The summed E-state index contributed by atoms with van der Waals surface area (Å²) in [6.07, 6.45) is 0.359. The van der Waals surface area contributed by atoms with Crippen molar-refractivity contribution >= 4 is 17.5 Å². The molecule has 1 saturated heterocycles. The van der Waals surface area contributed by atoms with Gasteiger partial charge in [-0.2, -0.15) is 0 Å². The van der Waals surface area contributed by atoms with Crippen molar-refractivity contribution in [2.45, 2.75) is 19.4 Å². The van der Waals surface area contributed by atoms with Crippen LogP contribution < -0.4 is 0 Å². The highest BCUT2D eigenvalue weighted by Gasteiger charge is 2.27. The van der Waals surface area contributed by atoms with E-state index >= 15 is 0 Å². The van der Waals surface area contributed by atoms with E-state index in [0.29, 0.717) is 25.4 Å². The summed E-state index contributed by atoms with van der Waals surface area (Å²) in [5, 5.41) is 9.18. The van der Waals surface area contributed by atoms with Gasteiger partial charge in [-0.3, -0.25) is 4.79 Å². The zero-order chi connectivity index (χ0) is 9.14. The first-order valence-electron chi connectivity index (χ1n) is 4.18. The van der Waals surface area contributed by atoms with Crippen molar-refractivity contribution in [2.75, 3.05) is 19.0 Å². The van der Waals surface area contributed by atoms with Crippen molar-refractivity contribution in [3.05, 3.63) is 0 Å². The Morgan fingerprint density at radius 3 is 2.92 bits per heavy atom. The fourth-order valence-corrected chi connectivity index (χ4v) is 1.45. The van der Waals surface area contributed by atoms with Crippen LogP contribution in [-0.4, -0.2) is 41.0 Å². The Morgan fingerprint density at radius 1 is 1.83 bits per heavy atom. The quantitative estimate of drug-likeness (QED) is 0.645. The Bertz CT molecular complexity index is 174. The molecule has 12 heavy (non-hydrogen) atoms. The molecule has 0 aromatic heterocycles. The molecule has 0 bridgehead atoms. The fourth-order valence-electron chi connectivity index (χ4n) is 1.32. The van der Waals surface area contributed by atoms with E-state index in [1.807, 2.05) is 0 Å². The van der Waals surface area contributed by atoms with Gasteiger partial charge in [-0.1, -0.05) is 6.92 Å². The van der Waals surface area contributed by atoms with Crippen molar-refractivity contribution in [3.8, 4) is 0 Å². The molecule has 1 rings (SSSR count). The van der Waals surface area contributed by atoms with Crippen LogP contribution in [-0.2, 0) is 4.79 Å². The molecule has 1 aliphatic rings. The molecule has 1 aliphatic heterocycles. The van der Waals surface area contributed by atoms with Gasteiger partial charge in [0.1, 0.15) is 0 Å². The topological polar surface area (TPSA) is 40.5 Å². The van der Waals surface area contributed by atoms with Crippen molar-refractivity contribution in [1.82, 2.24) is 4.90 Å². The summed E-state index contributed by atoms with van der Waals surface area (Å²) >= 11 is 5.55. The van der Waals surface area contributed by atoms with Crippen LogP contribution in [0.2, 0.25) is 0 Å². The maximum Gasteiger partial charge on any atom is 0.226 e. The molecule has 1 fully saturated rings. The van der Waals surface area contributed by atoms with E-state index in [1.165, 1.54) is 0 Å². The van der Waals surface area contributed by atoms with Crippen molar-refractivity contribution in [2.24, 2.45) is 5.92 Å². The summed E-state index contributed by atoms with van der Waals surface area (Å²) in [6, 6.07) is 0. The van der Waals surface area contributed by atoms with Gasteiger partial charge in [0.2, 0.25) is 5.91 Å². The molecular weight excluding hydrogens is 178 g/mol. The van der Waals surface area contributed by atoms with Gasteiger partial charge >= 0.3 is 0 Å². The summed E-state index contributed by atoms with van der Waals surface area (Å²) in [7, 11) is 0. The largest absolute Gasteiger partial charge is 0.391 e. The fraction of sp³-hybridized carbons (Fsp3) is 0.875. The van der Waals surface area contributed by atoms with Gasteiger partial charge in [-0.15, -0.1) is 11.6 Å². The number of aliphatic hydroxyl groups excluding tert-OH is 1. The molecule has 1 unspecified atom stereocenters. The monoisotopic (exact) mass is 191 g/mol. The molecule has 0 saturated carbocycles. The lowest BCUT2D eigenvalue weighted by Gasteiger charge is -2.18. The second-order valence-electron chi connectivity index (χ2n) is 3.28. The van der Waals surface area contributed by atoms with Crippen LogP contribution in [0.15, 0.2) is 0 Å². The predicted molar refractivity (Wildman–Crippen MR) is 47.1 cm³/mol. The number of β-amino-alcohol motifs (C(OH)–C–C–N with tert-alkyl or cyclic N) is 1. The Morgan fingerprint density at radius 2 is 2.50 bits per heavy atom. The molecule has 1 N–H and O–H groups in total. The highest BCUT2D eigenvalue weighted by atomic mass is 35.5. The third-order valence-electron chi connectivity index (χ3n) is 2.13. The second-order valence-corrected chi connectivity index (χ2v) is 3.59. The van der Waals surface area contributed by atoms with Crippen LogP contribution in [0.3, 0.4) is 0 Å². The van der Waals surface area contributed by atoms with Crippen LogP contribution in [0.5, 0.6) is 0 Å². The maximum absolute atomic E-state index is 11.5. The number of carbonyl (C=O) groups excluding carboxylic acids is 1. The Kier molecular flexibility index (Phi) is 3.35. The van der Waals surface area contributed by atoms with E-state index in [-0.39, 0.29) is 17.9 Å². The SMILES string of the molecule is CC(CCl)C(=O)N1CC[C@H](O)C1. The van der Waals surface area contributed by atoms with Crippen LogP contribution in [0.25, 0.3) is 0 Å². The second kappa shape index (κ2) is 4.10. The molecule has 0 aliphatic carbocycles. The molecule has 0 aromatic carbocycles. The maximum atomic E-state index is 11.5. The summed E-state index contributed by atoms with van der Waals surface area (Å²) in [5.74, 6) is 0.282. The van der Waals surface area contributed by atoms with E-state index in [0.717, 1.165) is 0 Å². The van der Waals surface area contributed by atoms with E-state index in [2.05, 4.69) is 0 Å². The zero-order valence-electron chi connectivity index (χ0n) is 7.16. The van der Waals surface area contributed by atoms with Crippen LogP contribution in [0.4, 0.5) is 0 Å². The highest BCUT2D eigenvalue weighted by Crippen LogP contribution is 2.13. The number of rotatable bonds is 2. The minimum atomic E-state index is -0.337. The summed E-state index contributed by atoms with van der Waals surface area (Å²) in [6.45, 7) is 2.95. The summed E-state index contributed by atoms with van der Waals surface area (Å²) in [5.41, 5.74) is 0. The van der Waals surface area contributed by atoms with Crippen molar-refractivity contribution < 1.29 is 9.90 Å². The molecular formula is C8H14ClNO2. The number of amides is 1. The molecule has 2 atom stereocenters. The van der Waals surface area contributed by atoms with Gasteiger partial charge in [-0.25, -0.2) is 0 Å². The lowest BCUT2D eigenvalue weighted by atomic mass is 10.2. The minimum absolute atomic E-state index is 0.0570. The van der Waals surface area contributed by atoms with Gasteiger partial charge in [0.05, 0.1) is 6.10 Å². The van der Waals surface area contributed by atoms with Crippen LogP contribution >= 0.6 is 11.6 Å². The average Bonchev–Trinajstić information content (AvgIpc) is 2.49. The van der Waals surface area contributed by atoms with Gasteiger partial charge in [0.25, 0.3) is 0 Å². The van der Waals surface area contributed by atoms with E-state index in [9.17, 15) is 9.90 Å². The lowest BCUT2D eigenvalue weighted by Crippen LogP contribution is -2.34. The van der Waals surface area contributed by atoms with Gasteiger partial charge < -0.3 is 10.0 Å².